The first-order valence-corrected chi connectivity index (χ1v) is 10.9. The lowest BCUT2D eigenvalue weighted by atomic mass is 10.1. The van der Waals surface area contributed by atoms with E-state index in [1.165, 1.54) is 11.8 Å². The molecule has 0 aliphatic carbocycles. The molecule has 1 unspecified atom stereocenters. The maximum absolute atomic E-state index is 13.2. The topological polar surface area (TPSA) is 57.7 Å². The van der Waals surface area contributed by atoms with E-state index in [0.717, 1.165) is 24.0 Å². The zero-order valence-electron chi connectivity index (χ0n) is 15.6. The Morgan fingerprint density at radius 3 is 2.48 bits per heavy atom. The number of halogens is 4. The molecule has 0 bridgehead atoms. The summed E-state index contributed by atoms with van der Waals surface area (Å²) in [6.07, 6.45) is -3.30. The molecule has 5 nitrogen and oxygen atoms in total. The Morgan fingerprint density at radius 1 is 1.21 bits per heavy atom. The number of anilines is 2. The second-order valence-corrected chi connectivity index (χ2v) is 9.03. The molecule has 1 aliphatic heterocycles. The Morgan fingerprint density at radius 2 is 1.86 bits per heavy atom. The van der Waals surface area contributed by atoms with Gasteiger partial charge in [0.2, 0.25) is 10.0 Å². The SMILES string of the molecule is CC(C(=O)N1CCc2ccccc21)N(c1ccc(Cl)c(C(F)(F)F)c1)S(C)(=O)=O. The van der Waals surface area contributed by atoms with Crippen molar-refractivity contribution < 1.29 is 26.4 Å². The molecule has 0 aromatic heterocycles. The molecule has 2 aromatic carbocycles. The van der Waals surface area contributed by atoms with E-state index in [9.17, 15) is 26.4 Å². The van der Waals surface area contributed by atoms with E-state index in [-0.39, 0.29) is 5.69 Å². The lowest BCUT2D eigenvalue weighted by Crippen LogP contribution is -2.49. The highest BCUT2D eigenvalue weighted by atomic mass is 35.5. The van der Waals surface area contributed by atoms with Gasteiger partial charge in [-0.3, -0.25) is 9.10 Å². The number of rotatable bonds is 4. The van der Waals surface area contributed by atoms with Crippen molar-refractivity contribution in [1.82, 2.24) is 0 Å². The van der Waals surface area contributed by atoms with Crippen LogP contribution in [0.5, 0.6) is 0 Å². The van der Waals surface area contributed by atoms with Gasteiger partial charge in [-0.1, -0.05) is 29.8 Å². The summed E-state index contributed by atoms with van der Waals surface area (Å²) in [5.74, 6) is -0.524. The molecule has 0 fully saturated rings. The van der Waals surface area contributed by atoms with E-state index in [0.29, 0.717) is 29.0 Å². The van der Waals surface area contributed by atoms with Crippen LogP contribution in [0.2, 0.25) is 5.02 Å². The summed E-state index contributed by atoms with van der Waals surface area (Å²) < 4.78 is 65.2. The molecular formula is C19H18ClF3N2O3S. The number of amides is 1. The van der Waals surface area contributed by atoms with Gasteiger partial charge in [0.1, 0.15) is 6.04 Å². The zero-order chi connectivity index (χ0) is 21.6. The van der Waals surface area contributed by atoms with Gasteiger partial charge in [0.25, 0.3) is 5.91 Å². The fraction of sp³-hybridized carbons (Fsp3) is 0.316. The van der Waals surface area contributed by atoms with Gasteiger partial charge >= 0.3 is 6.18 Å². The molecule has 0 saturated heterocycles. The molecule has 0 N–H and O–H groups in total. The second kappa shape index (κ2) is 7.53. The molecule has 29 heavy (non-hydrogen) atoms. The Balaban J connectivity index is 2.02. The minimum atomic E-state index is -4.77. The molecule has 1 amide bonds. The van der Waals surface area contributed by atoms with Crippen LogP contribution in [0.3, 0.4) is 0 Å². The normalized spacial score (nSPS) is 15.2. The number of fused-ring (bicyclic) bond motifs is 1. The number of para-hydroxylation sites is 1. The van der Waals surface area contributed by atoms with Crippen LogP contribution >= 0.6 is 11.6 Å². The van der Waals surface area contributed by atoms with Crippen LogP contribution in [0.25, 0.3) is 0 Å². The number of sulfonamides is 1. The van der Waals surface area contributed by atoms with Crippen LogP contribution in [0.4, 0.5) is 24.5 Å². The van der Waals surface area contributed by atoms with Gasteiger partial charge in [0.05, 0.1) is 22.5 Å². The standard InChI is InChI=1S/C19H18ClF3N2O3S/c1-12(18(26)24-10-9-13-5-3-4-6-17(13)24)25(29(2,27)28)14-7-8-16(20)15(11-14)19(21,22)23/h3-8,11-12H,9-10H2,1-2H3. The summed E-state index contributed by atoms with van der Waals surface area (Å²) in [6.45, 7) is 1.72. The summed E-state index contributed by atoms with van der Waals surface area (Å²) in [6, 6.07) is 8.74. The lowest BCUT2D eigenvalue weighted by molar-refractivity contribution is -0.137. The number of carbonyl (C=O) groups is 1. The minimum Gasteiger partial charge on any atom is -0.310 e. The summed E-state index contributed by atoms with van der Waals surface area (Å²) in [5, 5.41) is -0.554. The molecule has 156 valence electrons. The van der Waals surface area contributed by atoms with Crippen molar-refractivity contribution in [3.63, 3.8) is 0 Å². The van der Waals surface area contributed by atoms with Crippen LogP contribution in [0.1, 0.15) is 18.1 Å². The van der Waals surface area contributed by atoms with Gasteiger partial charge in [-0.25, -0.2) is 8.42 Å². The number of carbonyl (C=O) groups excluding carboxylic acids is 1. The van der Waals surface area contributed by atoms with E-state index in [4.69, 9.17) is 11.6 Å². The van der Waals surface area contributed by atoms with Crippen molar-refractivity contribution in [3.05, 3.63) is 58.6 Å². The predicted molar refractivity (Wildman–Crippen MR) is 106 cm³/mol. The van der Waals surface area contributed by atoms with Crippen LogP contribution < -0.4 is 9.21 Å². The number of hydrogen-bond acceptors (Lipinski definition) is 3. The number of benzene rings is 2. The van der Waals surface area contributed by atoms with Crippen molar-refractivity contribution in [3.8, 4) is 0 Å². The third-order valence-corrected chi connectivity index (χ3v) is 6.30. The first-order chi connectivity index (χ1) is 13.4. The van der Waals surface area contributed by atoms with E-state index in [2.05, 4.69) is 0 Å². The largest absolute Gasteiger partial charge is 0.417 e. The number of alkyl halides is 3. The zero-order valence-corrected chi connectivity index (χ0v) is 17.1. The fourth-order valence-corrected chi connectivity index (χ4v) is 4.85. The Kier molecular flexibility index (Phi) is 5.57. The molecule has 0 spiro atoms. The van der Waals surface area contributed by atoms with E-state index in [1.807, 2.05) is 12.1 Å². The van der Waals surface area contributed by atoms with E-state index in [1.54, 1.807) is 12.1 Å². The highest BCUT2D eigenvalue weighted by Gasteiger charge is 2.38. The smallest absolute Gasteiger partial charge is 0.310 e. The molecule has 2 aromatic rings. The maximum Gasteiger partial charge on any atom is 0.417 e. The van der Waals surface area contributed by atoms with Gasteiger partial charge in [-0.05, 0) is 43.2 Å². The average Bonchev–Trinajstić information content (AvgIpc) is 3.04. The van der Waals surface area contributed by atoms with Gasteiger partial charge in [0.15, 0.2) is 0 Å². The van der Waals surface area contributed by atoms with E-state index >= 15 is 0 Å². The van der Waals surface area contributed by atoms with Crippen molar-refractivity contribution >= 4 is 38.9 Å². The molecule has 0 radical (unpaired) electrons. The Hall–Kier alpha value is -2.26. The molecule has 1 aliphatic rings. The van der Waals surface area contributed by atoms with Crippen LogP contribution in [0.15, 0.2) is 42.5 Å². The Labute approximate surface area is 171 Å². The molecule has 1 atom stereocenters. The molecule has 0 saturated carbocycles. The highest BCUT2D eigenvalue weighted by Crippen LogP contribution is 2.38. The van der Waals surface area contributed by atoms with Crippen LogP contribution in [0, 0.1) is 0 Å². The molecule has 3 rings (SSSR count). The molecular weight excluding hydrogens is 429 g/mol. The monoisotopic (exact) mass is 446 g/mol. The second-order valence-electron chi connectivity index (χ2n) is 6.77. The minimum absolute atomic E-state index is 0.280. The van der Waals surface area contributed by atoms with Gasteiger partial charge < -0.3 is 4.90 Å². The van der Waals surface area contributed by atoms with Gasteiger partial charge in [-0.15, -0.1) is 0 Å². The average molecular weight is 447 g/mol. The summed E-state index contributed by atoms with van der Waals surface area (Å²) in [5.41, 5.74) is 0.170. The molecule has 10 heteroatoms. The molecule has 1 heterocycles. The quantitative estimate of drug-likeness (QED) is 0.710. The third kappa shape index (κ3) is 4.20. The third-order valence-electron chi connectivity index (χ3n) is 4.73. The summed E-state index contributed by atoms with van der Waals surface area (Å²) in [7, 11) is -4.07. The first kappa shape index (κ1) is 21.4. The number of nitrogens with zero attached hydrogens (tertiary/aromatic N) is 2. The van der Waals surface area contributed by atoms with Crippen LogP contribution in [-0.2, 0) is 27.4 Å². The summed E-state index contributed by atoms with van der Waals surface area (Å²) in [4.78, 5) is 14.5. The van der Waals surface area contributed by atoms with Crippen LogP contribution in [-0.4, -0.2) is 33.2 Å². The fourth-order valence-electron chi connectivity index (χ4n) is 3.46. The van der Waals surface area contributed by atoms with Crippen molar-refractivity contribution in [2.45, 2.75) is 25.6 Å². The maximum atomic E-state index is 13.2. The highest BCUT2D eigenvalue weighted by molar-refractivity contribution is 7.92. The van der Waals surface area contributed by atoms with Crippen molar-refractivity contribution in [2.75, 3.05) is 22.0 Å². The Bertz CT molecular complexity index is 1060. The van der Waals surface area contributed by atoms with E-state index < -0.39 is 38.7 Å². The predicted octanol–water partition coefficient (Wildman–Crippen LogP) is 4.10. The lowest BCUT2D eigenvalue weighted by Gasteiger charge is -2.31. The summed E-state index contributed by atoms with van der Waals surface area (Å²) >= 11 is 5.64. The number of hydrogen-bond donors (Lipinski definition) is 0. The van der Waals surface area contributed by atoms with Gasteiger partial charge in [0, 0.05) is 12.2 Å². The van der Waals surface area contributed by atoms with Crippen molar-refractivity contribution in [2.24, 2.45) is 0 Å². The first-order valence-electron chi connectivity index (χ1n) is 8.66. The van der Waals surface area contributed by atoms with Gasteiger partial charge in [-0.2, -0.15) is 13.2 Å². The van der Waals surface area contributed by atoms with Crippen molar-refractivity contribution in [1.29, 1.82) is 0 Å².